The molecule has 0 aromatic rings. The molecule has 0 radical (unpaired) electrons. The number of carbonyl (C=O) groups is 1. The molecule has 2 N–H and O–H groups in total. The summed E-state index contributed by atoms with van der Waals surface area (Å²) in [4.78, 5) is 13.7. The van der Waals surface area contributed by atoms with Gasteiger partial charge in [0.2, 0.25) is 5.91 Å². The second-order valence-electron chi connectivity index (χ2n) is 3.76. The monoisotopic (exact) mass is 196 g/mol. The minimum atomic E-state index is 0.144. The van der Waals surface area contributed by atoms with Gasteiger partial charge in [0.1, 0.15) is 0 Å². The van der Waals surface area contributed by atoms with E-state index in [-0.39, 0.29) is 5.91 Å². The highest BCUT2D eigenvalue weighted by atomic mass is 16.2. The summed E-state index contributed by atoms with van der Waals surface area (Å²) in [5, 5.41) is 0. The van der Waals surface area contributed by atoms with E-state index in [9.17, 15) is 4.79 Å². The minimum Gasteiger partial charge on any atom is -0.336 e. The van der Waals surface area contributed by atoms with Crippen molar-refractivity contribution in [2.24, 2.45) is 5.73 Å². The van der Waals surface area contributed by atoms with Crippen LogP contribution in [-0.4, -0.2) is 29.9 Å². The summed E-state index contributed by atoms with van der Waals surface area (Å²) in [5.41, 5.74) is 5.54. The molecule has 1 heterocycles. The number of rotatable bonds is 3. The molecule has 3 heteroatoms. The number of amides is 1. The highest BCUT2D eigenvalue weighted by Gasteiger charge is 2.24. The van der Waals surface area contributed by atoms with Crippen LogP contribution in [-0.2, 0) is 4.79 Å². The van der Waals surface area contributed by atoms with Crippen molar-refractivity contribution in [1.82, 2.24) is 4.90 Å². The second kappa shape index (κ2) is 5.81. The van der Waals surface area contributed by atoms with Gasteiger partial charge in [0.15, 0.2) is 0 Å². The van der Waals surface area contributed by atoms with Crippen LogP contribution in [0.3, 0.4) is 0 Å². The fourth-order valence-electron chi connectivity index (χ4n) is 2.02. The number of likely N-dealkylation sites (tertiary alicyclic amines) is 1. The van der Waals surface area contributed by atoms with Gasteiger partial charge in [0.05, 0.1) is 0 Å². The molecule has 0 saturated carbocycles. The Balaban J connectivity index is 2.57. The Labute approximate surface area is 86.0 Å². The van der Waals surface area contributed by atoms with Gasteiger partial charge >= 0.3 is 0 Å². The Kier molecular flexibility index (Phi) is 4.66. The summed E-state index contributed by atoms with van der Waals surface area (Å²) in [6.07, 6.45) is 7.85. The zero-order valence-electron chi connectivity index (χ0n) is 8.91. The maximum Gasteiger partial charge on any atom is 0.246 e. The summed E-state index contributed by atoms with van der Waals surface area (Å²) in [6, 6.07) is 0.373. The van der Waals surface area contributed by atoms with E-state index < -0.39 is 0 Å². The van der Waals surface area contributed by atoms with Gasteiger partial charge in [-0.05, 0) is 45.2 Å². The van der Waals surface area contributed by atoms with Crippen molar-refractivity contribution in [2.75, 3.05) is 13.1 Å². The Morgan fingerprint density at radius 3 is 3.00 bits per heavy atom. The van der Waals surface area contributed by atoms with Crippen LogP contribution in [0.25, 0.3) is 0 Å². The fourth-order valence-corrected chi connectivity index (χ4v) is 2.02. The molecule has 1 fully saturated rings. The average Bonchev–Trinajstić information content (AvgIpc) is 2.19. The lowest BCUT2D eigenvalue weighted by atomic mass is 9.99. The number of nitrogens with two attached hydrogens (primary N) is 1. The maximum absolute atomic E-state index is 11.7. The Morgan fingerprint density at radius 2 is 2.36 bits per heavy atom. The molecule has 0 aromatic carbocycles. The molecule has 1 rings (SSSR count). The van der Waals surface area contributed by atoms with Crippen molar-refractivity contribution in [3.63, 3.8) is 0 Å². The first-order chi connectivity index (χ1) is 6.79. The predicted octanol–water partition coefficient (Wildman–Crippen LogP) is 1.29. The number of nitrogens with zero attached hydrogens (tertiary/aromatic N) is 1. The lowest BCUT2D eigenvalue weighted by Gasteiger charge is -2.35. The first-order valence-electron chi connectivity index (χ1n) is 5.43. The van der Waals surface area contributed by atoms with Crippen LogP contribution in [0.15, 0.2) is 12.2 Å². The van der Waals surface area contributed by atoms with Crippen LogP contribution in [0.5, 0.6) is 0 Å². The second-order valence-corrected chi connectivity index (χ2v) is 3.76. The molecule has 0 aromatic heterocycles. The van der Waals surface area contributed by atoms with E-state index in [0.29, 0.717) is 12.6 Å². The Morgan fingerprint density at radius 1 is 1.57 bits per heavy atom. The number of hydrogen-bond acceptors (Lipinski definition) is 2. The molecular formula is C11H20N2O. The van der Waals surface area contributed by atoms with Crippen LogP contribution in [0.1, 0.15) is 32.6 Å². The van der Waals surface area contributed by atoms with Gasteiger partial charge < -0.3 is 10.6 Å². The standard InChI is InChI=1S/C11H20N2O/c1-2-5-11(14)13-9-4-3-6-10(13)7-8-12/h2,5,10H,3-4,6-9,12H2,1H3/b5-2+. The van der Waals surface area contributed by atoms with E-state index >= 15 is 0 Å². The van der Waals surface area contributed by atoms with Crippen LogP contribution >= 0.6 is 0 Å². The van der Waals surface area contributed by atoms with E-state index in [4.69, 9.17) is 5.73 Å². The summed E-state index contributed by atoms with van der Waals surface area (Å²) in [5.74, 6) is 0.144. The first kappa shape index (κ1) is 11.2. The summed E-state index contributed by atoms with van der Waals surface area (Å²) < 4.78 is 0. The van der Waals surface area contributed by atoms with Gasteiger partial charge in [-0.25, -0.2) is 0 Å². The van der Waals surface area contributed by atoms with Crippen molar-refractivity contribution in [3.05, 3.63) is 12.2 Å². The minimum absolute atomic E-state index is 0.144. The van der Waals surface area contributed by atoms with Crippen molar-refractivity contribution < 1.29 is 4.79 Å². The van der Waals surface area contributed by atoms with Gasteiger partial charge in [-0.2, -0.15) is 0 Å². The molecule has 3 nitrogen and oxygen atoms in total. The van der Waals surface area contributed by atoms with E-state index in [1.54, 1.807) is 12.2 Å². The van der Waals surface area contributed by atoms with E-state index in [0.717, 1.165) is 25.8 Å². The smallest absolute Gasteiger partial charge is 0.246 e. The van der Waals surface area contributed by atoms with Crippen LogP contribution in [0.4, 0.5) is 0 Å². The van der Waals surface area contributed by atoms with Crippen LogP contribution < -0.4 is 5.73 Å². The third-order valence-corrected chi connectivity index (χ3v) is 2.72. The molecular weight excluding hydrogens is 176 g/mol. The topological polar surface area (TPSA) is 46.3 Å². The van der Waals surface area contributed by atoms with Gasteiger partial charge in [-0.1, -0.05) is 6.08 Å². The third kappa shape index (κ3) is 2.84. The molecule has 0 bridgehead atoms. The summed E-state index contributed by atoms with van der Waals surface area (Å²) >= 11 is 0. The predicted molar refractivity (Wildman–Crippen MR) is 57.8 cm³/mol. The Bertz CT molecular complexity index is 211. The summed E-state index contributed by atoms with van der Waals surface area (Å²) in [6.45, 7) is 3.44. The zero-order valence-corrected chi connectivity index (χ0v) is 8.91. The van der Waals surface area contributed by atoms with E-state index in [1.165, 1.54) is 6.42 Å². The van der Waals surface area contributed by atoms with Crippen molar-refractivity contribution >= 4 is 5.91 Å². The lowest BCUT2D eigenvalue weighted by molar-refractivity contribution is -0.129. The number of piperidine rings is 1. The van der Waals surface area contributed by atoms with E-state index in [2.05, 4.69) is 0 Å². The fraction of sp³-hybridized carbons (Fsp3) is 0.727. The number of carbonyl (C=O) groups excluding carboxylic acids is 1. The average molecular weight is 196 g/mol. The molecule has 80 valence electrons. The van der Waals surface area contributed by atoms with Crippen LogP contribution in [0.2, 0.25) is 0 Å². The highest BCUT2D eigenvalue weighted by molar-refractivity contribution is 5.87. The first-order valence-corrected chi connectivity index (χ1v) is 5.43. The van der Waals surface area contributed by atoms with Crippen LogP contribution in [0, 0.1) is 0 Å². The van der Waals surface area contributed by atoms with Gasteiger partial charge in [0, 0.05) is 12.6 Å². The normalized spacial score (nSPS) is 23.0. The number of allylic oxidation sites excluding steroid dienone is 1. The maximum atomic E-state index is 11.7. The van der Waals surface area contributed by atoms with Crippen molar-refractivity contribution in [2.45, 2.75) is 38.6 Å². The van der Waals surface area contributed by atoms with Gasteiger partial charge in [0.25, 0.3) is 0 Å². The molecule has 14 heavy (non-hydrogen) atoms. The SMILES string of the molecule is C/C=C/C(=O)N1CCCCC1CCN. The molecule has 1 atom stereocenters. The van der Waals surface area contributed by atoms with E-state index in [1.807, 2.05) is 11.8 Å². The third-order valence-electron chi connectivity index (χ3n) is 2.72. The molecule has 1 aliphatic heterocycles. The van der Waals surface area contributed by atoms with Gasteiger partial charge in [-0.3, -0.25) is 4.79 Å². The zero-order chi connectivity index (χ0) is 10.4. The molecule has 1 unspecified atom stereocenters. The Hall–Kier alpha value is -0.830. The molecule has 0 spiro atoms. The lowest BCUT2D eigenvalue weighted by Crippen LogP contribution is -2.43. The quantitative estimate of drug-likeness (QED) is 0.691. The van der Waals surface area contributed by atoms with Gasteiger partial charge in [-0.15, -0.1) is 0 Å². The largest absolute Gasteiger partial charge is 0.336 e. The highest BCUT2D eigenvalue weighted by Crippen LogP contribution is 2.19. The van der Waals surface area contributed by atoms with Crippen molar-refractivity contribution in [3.8, 4) is 0 Å². The number of hydrogen-bond donors (Lipinski definition) is 1. The molecule has 1 amide bonds. The molecule has 0 aliphatic carbocycles. The molecule has 1 saturated heterocycles. The molecule has 1 aliphatic rings. The summed E-state index contributed by atoms with van der Waals surface area (Å²) in [7, 11) is 0. The van der Waals surface area contributed by atoms with Crippen molar-refractivity contribution in [1.29, 1.82) is 0 Å².